The second-order valence-corrected chi connectivity index (χ2v) is 9.71. The van der Waals surface area contributed by atoms with Gasteiger partial charge in [-0.15, -0.1) is 0 Å². The number of carboxylic acids is 1. The topological polar surface area (TPSA) is 46.5 Å². The van der Waals surface area contributed by atoms with Crippen LogP contribution in [0.25, 0.3) is 0 Å². The highest BCUT2D eigenvalue weighted by atomic mass is 28.4. The lowest BCUT2D eigenvalue weighted by Crippen LogP contribution is -2.34. The normalized spacial score (nSPS) is 25.9. The Balaban J connectivity index is 2.35. The Morgan fingerprint density at radius 1 is 1.44 bits per heavy atom. The average molecular weight is 244 g/mol. The second kappa shape index (κ2) is 5.82. The molecule has 16 heavy (non-hydrogen) atoms. The van der Waals surface area contributed by atoms with E-state index < -0.39 is 14.3 Å². The van der Waals surface area contributed by atoms with E-state index in [2.05, 4.69) is 20.0 Å². The first kappa shape index (κ1) is 13.7. The maximum Gasteiger partial charge on any atom is 0.306 e. The molecule has 1 aliphatic carbocycles. The zero-order valence-corrected chi connectivity index (χ0v) is 11.7. The fraction of sp³-hybridized carbons (Fsp3) is 0.917. The molecule has 1 aliphatic rings. The van der Waals surface area contributed by atoms with E-state index in [1.54, 1.807) is 0 Å². The lowest BCUT2D eigenvalue weighted by Gasteiger charge is -2.27. The number of carbonyl (C=O) groups is 1. The highest BCUT2D eigenvalue weighted by Gasteiger charge is 2.34. The van der Waals surface area contributed by atoms with Crippen molar-refractivity contribution in [1.82, 2.24) is 0 Å². The monoisotopic (exact) mass is 244 g/mol. The molecule has 3 nitrogen and oxygen atoms in total. The standard InChI is InChI=1S/C12H24O3Si/c1-4-5-8-16(2,3)15-11-7-6-10(9-11)12(13)14/h10-11H,4-9H2,1-3H3,(H,13,14)/t10-,11?/m0/s1. The molecule has 0 radical (unpaired) electrons. The maximum absolute atomic E-state index is 10.8. The van der Waals surface area contributed by atoms with Crippen molar-refractivity contribution in [2.75, 3.05) is 0 Å². The summed E-state index contributed by atoms with van der Waals surface area (Å²) in [5.74, 6) is -0.819. The van der Waals surface area contributed by atoms with Gasteiger partial charge in [0.15, 0.2) is 8.32 Å². The molecule has 0 saturated heterocycles. The van der Waals surface area contributed by atoms with E-state index in [0.29, 0.717) is 0 Å². The van der Waals surface area contributed by atoms with Crippen LogP contribution in [-0.4, -0.2) is 25.5 Å². The Morgan fingerprint density at radius 2 is 2.12 bits per heavy atom. The van der Waals surface area contributed by atoms with Crippen LogP contribution in [0.15, 0.2) is 0 Å². The number of carboxylic acid groups (broad SMARTS) is 1. The summed E-state index contributed by atoms with van der Waals surface area (Å²) in [6.07, 6.45) is 5.09. The number of hydrogen-bond acceptors (Lipinski definition) is 2. The Labute approximate surface area is 99.3 Å². The van der Waals surface area contributed by atoms with Crippen molar-refractivity contribution in [3.05, 3.63) is 0 Å². The summed E-state index contributed by atoms with van der Waals surface area (Å²) in [7, 11) is -1.55. The molecule has 2 atom stereocenters. The highest BCUT2D eigenvalue weighted by molar-refractivity contribution is 6.71. The zero-order valence-electron chi connectivity index (χ0n) is 10.7. The predicted molar refractivity (Wildman–Crippen MR) is 67.0 cm³/mol. The van der Waals surface area contributed by atoms with Crippen LogP contribution in [0.4, 0.5) is 0 Å². The van der Waals surface area contributed by atoms with Crippen molar-refractivity contribution in [2.45, 2.75) is 64.3 Å². The third-order valence-corrected chi connectivity index (χ3v) is 5.88. The summed E-state index contributed by atoms with van der Waals surface area (Å²) in [5, 5.41) is 8.93. The van der Waals surface area contributed by atoms with Gasteiger partial charge in [0.25, 0.3) is 0 Å². The van der Waals surface area contributed by atoms with Gasteiger partial charge in [0.05, 0.1) is 5.92 Å². The lowest BCUT2D eigenvalue weighted by atomic mass is 10.1. The number of rotatable bonds is 6. The van der Waals surface area contributed by atoms with Crippen LogP contribution < -0.4 is 0 Å². The van der Waals surface area contributed by atoms with Gasteiger partial charge in [0, 0.05) is 6.10 Å². The molecule has 0 aromatic rings. The third-order valence-electron chi connectivity index (χ3n) is 3.35. The first-order valence-corrected chi connectivity index (χ1v) is 9.47. The van der Waals surface area contributed by atoms with Crippen LogP contribution in [0, 0.1) is 5.92 Å². The first-order valence-electron chi connectivity index (χ1n) is 6.35. The molecule has 0 aromatic heterocycles. The van der Waals surface area contributed by atoms with Crippen molar-refractivity contribution in [1.29, 1.82) is 0 Å². The molecule has 94 valence electrons. The van der Waals surface area contributed by atoms with Crippen molar-refractivity contribution >= 4 is 14.3 Å². The Hall–Kier alpha value is -0.353. The maximum atomic E-state index is 10.8. The van der Waals surface area contributed by atoms with Gasteiger partial charge in [-0.3, -0.25) is 4.79 Å². The van der Waals surface area contributed by atoms with Crippen LogP contribution >= 0.6 is 0 Å². The molecule has 4 heteroatoms. The summed E-state index contributed by atoms with van der Waals surface area (Å²) in [6.45, 7) is 6.69. The molecule has 1 rings (SSSR count). The van der Waals surface area contributed by atoms with Gasteiger partial charge < -0.3 is 9.53 Å². The van der Waals surface area contributed by atoms with Crippen LogP contribution in [-0.2, 0) is 9.22 Å². The molecule has 1 N–H and O–H groups in total. The second-order valence-electron chi connectivity index (χ2n) is 5.45. The summed E-state index contributed by atoms with van der Waals surface area (Å²) in [4.78, 5) is 10.8. The van der Waals surface area contributed by atoms with Crippen LogP contribution in [0.2, 0.25) is 19.1 Å². The number of unbranched alkanes of at least 4 members (excludes halogenated alkanes) is 1. The minimum absolute atomic E-state index is 0.166. The highest BCUT2D eigenvalue weighted by Crippen LogP contribution is 2.31. The van der Waals surface area contributed by atoms with Crippen molar-refractivity contribution in [3.8, 4) is 0 Å². The number of hydrogen-bond donors (Lipinski definition) is 1. The largest absolute Gasteiger partial charge is 0.481 e. The SMILES string of the molecule is CCCC[Si](C)(C)OC1CC[C@H](C(=O)O)C1. The molecular formula is C12H24O3Si. The van der Waals surface area contributed by atoms with Gasteiger partial charge in [0.1, 0.15) is 0 Å². The summed E-state index contributed by atoms with van der Waals surface area (Å²) >= 11 is 0. The van der Waals surface area contributed by atoms with E-state index in [4.69, 9.17) is 9.53 Å². The zero-order chi connectivity index (χ0) is 12.2. The van der Waals surface area contributed by atoms with Crippen molar-refractivity contribution < 1.29 is 14.3 Å². The Kier molecular flexibility index (Phi) is 4.99. The van der Waals surface area contributed by atoms with Crippen molar-refractivity contribution in [3.63, 3.8) is 0 Å². The van der Waals surface area contributed by atoms with Gasteiger partial charge in [-0.25, -0.2) is 0 Å². The summed E-state index contributed by atoms with van der Waals surface area (Å²) < 4.78 is 6.16. The minimum Gasteiger partial charge on any atom is -0.481 e. The molecule has 0 bridgehead atoms. The molecule has 1 saturated carbocycles. The molecule has 0 aromatic carbocycles. The fourth-order valence-electron chi connectivity index (χ4n) is 2.38. The Morgan fingerprint density at radius 3 is 2.62 bits per heavy atom. The lowest BCUT2D eigenvalue weighted by molar-refractivity contribution is -0.141. The Bertz CT molecular complexity index is 240. The van der Waals surface area contributed by atoms with Gasteiger partial charge >= 0.3 is 5.97 Å². The molecule has 0 spiro atoms. The molecule has 0 heterocycles. The third kappa shape index (κ3) is 4.26. The van der Waals surface area contributed by atoms with Gasteiger partial charge in [-0.2, -0.15) is 0 Å². The van der Waals surface area contributed by atoms with E-state index in [1.165, 1.54) is 18.9 Å². The van der Waals surface area contributed by atoms with Gasteiger partial charge in [-0.05, 0) is 38.4 Å². The van der Waals surface area contributed by atoms with E-state index >= 15 is 0 Å². The van der Waals surface area contributed by atoms with E-state index in [-0.39, 0.29) is 12.0 Å². The van der Waals surface area contributed by atoms with Gasteiger partial charge in [-0.1, -0.05) is 19.8 Å². The van der Waals surface area contributed by atoms with E-state index in [9.17, 15) is 4.79 Å². The summed E-state index contributed by atoms with van der Waals surface area (Å²) in [5.41, 5.74) is 0. The molecule has 0 aliphatic heterocycles. The van der Waals surface area contributed by atoms with E-state index in [1.807, 2.05) is 0 Å². The fourth-order valence-corrected chi connectivity index (χ4v) is 4.82. The predicted octanol–water partition coefficient (Wildman–Crippen LogP) is 3.26. The van der Waals surface area contributed by atoms with Crippen molar-refractivity contribution in [2.24, 2.45) is 5.92 Å². The van der Waals surface area contributed by atoms with Crippen LogP contribution in [0.3, 0.4) is 0 Å². The van der Waals surface area contributed by atoms with E-state index in [0.717, 1.165) is 19.3 Å². The average Bonchev–Trinajstić information content (AvgIpc) is 2.62. The smallest absolute Gasteiger partial charge is 0.306 e. The first-order chi connectivity index (χ1) is 7.44. The van der Waals surface area contributed by atoms with Gasteiger partial charge in [0.2, 0.25) is 0 Å². The summed E-state index contributed by atoms with van der Waals surface area (Å²) in [6, 6.07) is 1.19. The number of aliphatic carboxylic acids is 1. The molecular weight excluding hydrogens is 220 g/mol. The quantitative estimate of drug-likeness (QED) is 0.729. The molecule has 1 fully saturated rings. The van der Waals surface area contributed by atoms with Crippen LogP contribution in [0.1, 0.15) is 39.0 Å². The van der Waals surface area contributed by atoms with Crippen LogP contribution in [0.5, 0.6) is 0 Å². The minimum atomic E-state index is -1.55. The molecule has 1 unspecified atom stereocenters. The molecule has 0 amide bonds.